The van der Waals surface area contributed by atoms with Crippen LogP contribution in [-0.4, -0.2) is 16.6 Å². The molecule has 1 amide bonds. The fourth-order valence-electron chi connectivity index (χ4n) is 1.51. The number of para-hydroxylation sites is 1. The van der Waals surface area contributed by atoms with E-state index >= 15 is 0 Å². The van der Waals surface area contributed by atoms with Gasteiger partial charge in [-0.3, -0.25) is 4.79 Å². The molecule has 1 rings (SSSR count). The van der Waals surface area contributed by atoms with Crippen molar-refractivity contribution in [3.05, 3.63) is 23.2 Å². The summed E-state index contributed by atoms with van der Waals surface area (Å²) in [4.78, 5) is 11.9. The first kappa shape index (κ1) is 13.8. The third kappa shape index (κ3) is 3.35. The van der Waals surface area contributed by atoms with Gasteiger partial charge in [0, 0.05) is 0 Å². The van der Waals surface area contributed by atoms with Crippen LogP contribution in [0.1, 0.15) is 26.7 Å². The summed E-state index contributed by atoms with van der Waals surface area (Å²) in [5.74, 6) is -0.480. The third-order valence-electron chi connectivity index (χ3n) is 2.52. The monoisotopic (exact) mass is 256 g/mol. The molecule has 4 nitrogen and oxygen atoms in total. The molecule has 4 N–H and O–H groups in total. The summed E-state index contributed by atoms with van der Waals surface area (Å²) in [6, 6.07) is 4.76. The fourth-order valence-corrected chi connectivity index (χ4v) is 1.69. The van der Waals surface area contributed by atoms with Crippen LogP contribution in [0.4, 0.5) is 5.69 Å². The van der Waals surface area contributed by atoms with Crippen molar-refractivity contribution in [2.24, 2.45) is 5.73 Å². The van der Waals surface area contributed by atoms with Crippen LogP contribution in [0.5, 0.6) is 5.75 Å². The average molecular weight is 257 g/mol. The van der Waals surface area contributed by atoms with Gasteiger partial charge in [-0.25, -0.2) is 0 Å². The highest BCUT2D eigenvalue weighted by Crippen LogP contribution is 2.31. The maximum atomic E-state index is 11.9. The highest BCUT2D eigenvalue weighted by Gasteiger charge is 2.27. The Morgan fingerprint density at radius 2 is 2.24 bits per heavy atom. The number of amides is 1. The fraction of sp³-hybridized carbons (Fsp3) is 0.417. The minimum Gasteiger partial charge on any atom is -0.504 e. The Morgan fingerprint density at radius 3 is 2.82 bits per heavy atom. The predicted octanol–water partition coefficient (Wildman–Crippen LogP) is 2.50. The molecule has 0 saturated carbocycles. The van der Waals surface area contributed by atoms with Crippen molar-refractivity contribution in [1.82, 2.24) is 0 Å². The van der Waals surface area contributed by atoms with Gasteiger partial charge in [0.2, 0.25) is 5.91 Å². The zero-order chi connectivity index (χ0) is 13.1. The Morgan fingerprint density at radius 1 is 1.59 bits per heavy atom. The zero-order valence-electron chi connectivity index (χ0n) is 9.96. The van der Waals surface area contributed by atoms with E-state index in [0.29, 0.717) is 6.42 Å². The molecule has 1 atom stereocenters. The number of benzene rings is 1. The van der Waals surface area contributed by atoms with E-state index < -0.39 is 5.54 Å². The van der Waals surface area contributed by atoms with Crippen molar-refractivity contribution >= 4 is 23.2 Å². The smallest absolute Gasteiger partial charge is 0.244 e. The lowest BCUT2D eigenvalue weighted by atomic mass is 9.96. The molecule has 0 radical (unpaired) electrons. The third-order valence-corrected chi connectivity index (χ3v) is 2.83. The largest absolute Gasteiger partial charge is 0.504 e. The van der Waals surface area contributed by atoms with Gasteiger partial charge in [0.25, 0.3) is 0 Å². The predicted molar refractivity (Wildman–Crippen MR) is 69.2 cm³/mol. The average Bonchev–Trinajstić information content (AvgIpc) is 2.24. The summed E-state index contributed by atoms with van der Waals surface area (Å²) < 4.78 is 0. The second kappa shape index (κ2) is 5.38. The summed E-state index contributed by atoms with van der Waals surface area (Å²) in [6.45, 7) is 3.61. The molecule has 0 fully saturated rings. The topological polar surface area (TPSA) is 75.4 Å². The van der Waals surface area contributed by atoms with Crippen molar-refractivity contribution in [2.45, 2.75) is 32.2 Å². The highest BCUT2D eigenvalue weighted by molar-refractivity contribution is 6.32. The summed E-state index contributed by atoms with van der Waals surface area (Å²) in [6.07, 6.45) is 1.38. The highest BCUT2D eigenvalue weighted by atomic mass is 35.5. The molecule has 1 aromatic rings. The first-order chi connectivity index (χ1) is 7.88. The molecule has 0 saturated heterocycles. The summed E-state index contributed by atoms with van der Waals surface area (Å²) in [5, 5.41) is 12.4. The van der Waals surface area contributed by atoms with E-state index in [1.165, 1.54) is 0 Å². The number of phenolic OH excluding ortho intramolecular Hbond substituents is 1. The van der Waals surface area contributed by atoms with Gasteiger partial charge in [-0.05, 0) is 25.5 Å². The number of nitrogens with two attached hydrogens (primary N) is 1. The van der Waals surface area contributed by atoms with Crippen LogP contribution < -0.4 is 11.1 Å². The number of anilines is 1. The molecule has 5 heteroatoms. The number of rotatable bonds is 4. The van der Waals surface area contributed by atoms with Crippen LogP contribution >= 0.6 is 11.6 Å². The molecule has 0 aliphatic carbocycles. The van der Waals surface area contributed by atoms with E-state index in [0.717, 1.165) is 6.42 Å². The van der Waals surface area contributed by atoms with E-state index in [2.05, 4.69) is 5.32 Å². The van der Waals surface area contributed by atoms with Crippen molar-refractivity contribution in [1.29, 1.82) is 0 Å². The summed E-state index contributed by atoms with van der Waals surface area (Å²) in [5.41, 5.74) is 5.20. The lowest BCUT2D eigenvalue weighted by molar-refractivity contribution is -0.120. The molecule has 1 aromatic carbocycles. The molecule has 17 heavy (non-hydrogen) atoms. The van der Waals surface area contributed by atoms with E-state index in [9.17, 15) is 9.90 Å². The van der Waals surface area contributed by atoms with Gasteiger partial charge in [-0.15, -0.1) is 0 Å². The first-order valence-electron chi connectivity index (χ1n) is 5.46. The summed E-state index contributed by atoms with van der Waals surface area (Å²) in [7, 11) is 0. The van der Waals surface area contributed by atoms with Crippen molar-refractivity contribution < 1.29 is 9.90 Å². The number of hydrogen-bond donors (Lipinski definition) is 3. The Labute approximate surface area is 106 Å². The van der Waals surface area contributed by atoms with Crippen LogP contribution in [0.3, 0.4) is 0 Å². The lowest BCUT2D eigenvalue weighted by Gasteiger charge is -2.23. The number of halogens is 1. The zero-order valence-corrected chi connectivity index (χ0v) is 10.7. The van der Waals surface area contributed by atoms with Crippen molar-refractivity contribution in [2.75, 3.05) is 5.32 Å². The van der Waals surface area contributed by atoms with Gasteiger partial charge >= 0.3 is 0 Å². The van der Waals surface area contributed by atoms with E-state index in [1.807, 2.05) is 6.92 Å². The SMILES string of the molecule is CCCC(C)(N)C(=O)Nc1cccc(Cl)c1O. The lowest BCUT2D eigenvalue weighted by Crippen LogP contribution is -2.48. The van der Waals surface area contributed by atoms with Crippen LogP contribution in [0, 0.1) is 0 Å². The minimum atomic E-state index is -0.955. The van der Waals surface area contributed by atoms with Crippen molar-refractivity contribution in [3.63, 3.8) is 0 Å². The molecule has 94 valence electrons. The van der Waals surface area contributed by atoms with E-state index in [-0.39, 0.29) is 22.4 Å². The van der Waals surface area contributed by atoms with Crippen LogP contribution in [0.15, 0.2) is 18.2 Å². The van der Waals surface area contributed by atoms with Gasteiger partial charge < -0.3 is 16.2 Å². The van der Waals surface area contributed by atoms with Crippen molar-refractivity contribution in [3.8, 4) is 5.75 Å². The number of hydrogen-bond acceptors (Lipinski definition) is 3. The van der Waals surface area contributed by atoms with Crippen LogP contribution in [0.2, 0.25) is 5.02 Å². The van der Waals surface area contributed by atoms with Gasteiger partial charge in [0.1, 0.15) is 0 Å². The maximum Gasteiger partial charge on any atom is 0.244 e. The molecule has 0 aliphatic rings. The van der Waals surface area contributed by atoms with Gasteiger partial charge in [-0.2, -0.15) is 0 Å². The second-order valence-corrected chi connectivity index (χ2v) is 4.66. The maximum absolute atomic E-state index is 11.9. The van der Waals surface area contributed by atoms with Gasteiger partial charge in [0.15, 0.2) is 5.75 Å². The molecule has 0 bridgehead atoms. The number of carbonyl (C=O) groups is 1. The molecule has 0 aromatic heterocycles. The standard InChI is InChI=1S/C12H17ClN2O2/c1-3-7-12(2,14)11(17)15-9-6-4-5-8(13)10(9)16/h4-6,16H,3,7,14H2,1-2H3,(H,15,17). The first-order valence-corrected chi connectivity index (χ1v) is 5.84. The molecule has 1 unspecified atom stereocenters. The van der Waals surface area contributed by atoms with Gasteiger partial charge in [0.05, 0.1) is 16.2 Å². The number of nitrogens with one attached hydrogen (secondary N) is 1. The van der Waals surface area contributed by atoms with Crippen LogP contribution in [-0.2, 0) is 4.79 Å². The molecule has 0 heterocycles. The Bertz CT molecular complexity index is 419. The van der Waals surface area contributed by atoms with E-state index in [1.54, 1.807) is 25.1 Å². The number of aromatic hydroxyl groups is 1. The minimum absolute atomic E-state index is 0.144. The summed E-state index contributed by atoms with van der Waals surface area (Å²) >= 11 is 5.74. The number of phenols is 1. The molecule has 0 spiro atoms. The molecular weight excluding hydrogens is 240 g/mol. The van der Waals surface area contributed by atoms with Crippen LogP contribution in [0.25, 0.3) is 0 Å². The van der Waals surface area contributed by atoms with Gasteiger partial charge in [-0.1, -0.05) is 31.0 Å². The van der Waals surface area contributed by atoms with E-state index in [4.69, 9.17) is 17.3 Å². The number of carbonyl (C=O) groups excluding carboxylic acids is 1. The normalized spacial score (nSPS) is 14.1. The molecule has 0 aliphatic heterocycles. The molecular formula is C12H17ClN2O2. The Balaban J connectivity index is 2.85. The Kier molecular flexibility index (Phi) is 4.37. The Hall–Kier alpha value is -1.26. The quantitative estimate of drug-likeness (QED) is 0.725. The second-order valence-electron chi connectivity index (χ2n) is 4.26.